The first kappa shape index (κ1) is 29.0. The molecule has 0 radical (unpaired) electrons. The number of hydrogen-bond acceptors (Lipinski definition) is 6. The average Bonchev–Trinajstić information content (AvgIpc) is 3.53. The minimum Gasteiger partial charge on any atom is -0.466 e. The predicted octanol–water partition coefficient (Wildman–Crippen LogP) is 5.82. The number of anilines is 1. The summed E-state index contributed by atoms with van der Waals surface area (Å²) in [6.45, 7) is 2.42. The van der Waals surface area contributed by atoms with Crippen LogP contribution in [-0.2, 0) is 36.8 Å². The lowest BCUT2D eigenvalue weighted by Gasteiger charge is -2.25. The van der Waals surface area contributed by atoms with Crippen LogP contribution in [-0.4, -0.2) is 41.9 Å². The highest BCUT2D eigenvalue weighted by Crippen LogP contribution is 2.38. The van der Waals surface area contributed by atoms with Crippen LogP contribution in [0.1, 0.15) is 67.2 Å². The third-order valence-corrected chi connectivity index (χ3v) is 7.80. The second-order valence-corrected chi connectivity index (χ2v) is 10.8. The van der Waals surface area contributed by atoms with E-state index in [1.165, 1.54) is 5.01 Å². The van der Waals surface area contributed by atoms with E-state index in [4.69, 9.17) is 9.47 Å². The molecular formula is C34H37N3O5. The van der Waals surface area contributed by atoms with Gasteiger partial charge in [0.1, 0.15) is 0 Å². The Morgan fingerprint density at radius 3 is 2.50 bits per heavy atom. The number of carbonyl (C=O) groups is 3. The molecule has 2 amide bonds. The van der Waals surface area contributed by atoms with Crippen LogP contribution in [0.5, 0.6) is 0 Å². The summed E-state index contributed by atoms with van der Waals surface area (Å²) < 4.78 is 10.6. The van der Waals surface area contributed by atoms with Crippen LogP contribution in [0.4, 0.5) is 5.69 Å². The van der Waals surface area contributed by atoms with Crippen LogP contribution in [0.25, 0.3) is 0 Å². The van der Waals surface area contributed by atoms with E-state index < -0.39 is 0 Å². The molecular weight excluding hydrogens is 530 g/mol. The van der Waals surface area contributed by atoms with Crippen LogP contribution in [0.15, 0.2) is 84.0 Å². The summed E-state index contributed by atoms with van der Waals surface area (Å²) in [7, 11) is 0. The lowest BCUT2D eigenvalue weighted by atomic mass is 9.83. The minimum atomic E-state index is -0.280. The van der Waals surface area contributed by atoms with Crippen molar-refractivity contribution in [1.29, 1.82) is 0 Å². The highest BCUT2D eigenvalue weighted by atomic mass is 16.5. The second-order valence-electron chi connectivity index (χ2n) is 10.8. The van der Waals surface area contributed by atoms with Gasteiger partial charge in [0.15, 0.2) is 6.61 Å². The van der Waals surface area contributed by atoms with Crippen LogP contribution < -0.4 is 5.32 Å². The molecule has 0 aromatic heterocycles. The molecule has 218 valence electrons. The van der Waals surface area contributed by atoms with E-state index in [0.717, 1.165) is 53.6 Å². The maximum atomic E-state index is 13.7. The van der Waals surface area contributed by atoms with Gasteiger partial charge in [0.05, 0.1) is 19.1 Å². The van der Waals surface area contributed by atoms with Crippen molar-refractivity contribution in [1.82, 2.24) is 5.01 Å². The van der Waals surface area contributed by atoms with Crippen molar-refractivity contribution < 1.29 is 23.9 Å². The van der Waals surface area contributed by atoms with Gasteiger partial charge in [-0.3, -0.25) is 14.4 Å². The van der Waals surface area contributed by atoms with Gasteiger partial charge in [-0.1, -0.05) is 67.4 Å². The Labute approximate surface area is 246 Å². The lowest BCUT2D eigenvalue weighted by molar-refractivity contribution is -0.143. The molecule has 8 heteroatoms. The fourth-order valence-corrected chi connectivity index (χ4v) is 5.68. The average molecular weight is 568 g/mol. The zero-order chi connectivity index (χ0) is 29.3. The number of amides is 2. The Morgan fingerprint density at radius 2 is 1.76 bits per heavy atom. The molecule has 1 unspecified atom stereocenters. The summed E-state index contributed by atoms with van der Waals surface area (Å²) in [4.78, 5) is 38.0. The number of nitrogens with zero attached hydrogens (tertiary/aromatic N) is 2. The van der Waals surface area contributed by atoms with Crippen molar-refractivity contribution in [2.45, 2.75) is 57.9 Å². The number of benzene rings is 3. The summed E-state index contributed by atoms with van der Waals surface area (Å²) >= 11 is 0. The summed E-state index contributed by atoms with van der Waals surface area (Å²) in [5, 5.41) is 9.03. The molecule has 42 heavy (non-hydrogen) atoms. The largest absolute Gasteiger partial charge is 0.466 e. The molecule has 3 aromatic carbocycles. The lowest BCUT2D eigenvalue weighted by Crippen LogP contribution is -2.36. The van der Waals surface area contributed by atoms with Gasteiger partial charge >= 0.3 is 5.97 Å². The monoisotopic (exact) mass is 567 g/mol. The van der Waals surface area contributed by atoms with Crippen LogP contribution in [0, 0.1) is 5.92 Å². The van der Waals surface area contributed by atoms with E-state index in [9.17, 15) is 14.4 Å². The molecule has 1 heterocycles. The van der Waals surface area contributed by atoms with E-state index >= 15 is 0 Å². The maximum absolute atomic E-state index is 13.7. The molecule has 1 fully saturated rings. The fraction of sp³-hybridized carbons (Fsp3) is 0.353. The number of nitrogens with one attached hydrogen (secondary N) is 1. The Kier molecular flexibility index (Phi) is 9.64. The van der Waals surface area contributed by atoms with Crippen molar-refractivity contribution in [2.24, 2.45) is 11.0 Å². The van der Waals surface area contributed by atoms with Gasteiger partial charge < -0.3 is 14.8 Å². The van der Waals surface area contributed by atoms with Gasteiger partial charge in [-0.05, 0) is 73.1 Å². The smallest absolute Gasteiger partial charge is 0.306 e. The van der Waals surface area contributed by atoms with E-state index in [2.05, 4.69) is 10.4 Å². The summed E-state index contributed by atoms with van der Waals surface area (Å²) in [6.07, 6.45) is 5.13. The minimum absolute atomic E-state index is 0.0300. The Hall–Kier alpha value is -4.46. The number of rotatable bonds is 11. The topological polar surface area (TPSA) is 97.3 Å². The number of esters is 1. The molecule has 3 aromatic rings. The molecule has 2 aliphatic rings. The highest BCUT2D eigenvalue weighted by molar-refractivity contribution is 5.98. The summed E-state index contributed by atoms with van der Waals surface area (Å²) in [5.41, 5.74) is 4.39. The molecule has 1 aliphatic carbocycles. The normalized spacial score (nSPS) is 16.0. The van der Waals surface area contributed by atoms with Gasteiger partial charge in [0.25, 0.3) is 5.91 Å². The summed E-state index contributed by atoms with van der Waals surface area (Å²) in [6, 6.07) is 25.1. The standard InChI is InChI=1S/C34H37N3O5/c1-2-41-31(39)20-17-24-9-8-14-29(21-24)35-33(40)32(26-10-6-7-11-26)27-18-15-25(16-19-27)22-37-30(38)23-42-34(36-37)28-12-4-3-5-13-28/h3-5,8-9,12-16,18-19,21,26,32H,2,6-7,10-11,17,20,22-23H2,1H3,(H,35,40). The van der Waals surface area contributed by atoms with E-state index in [-0.39, 0.29) is 36.2 Å². The van der Waals surface area contributed by atoms with E-state index in [0.29, 0.717) is 31.9 Å². The fourth-order valence-electron chi connectivity index (χ4n) is 5.68. The Balaban J connectivity index is 1.28. The van der Waals surface area contributed by atoms with Crippen molar-refractivity contribution in [3.05, 3.63) is 101 Å². The third kappa shape index (κ3) is 7.43. The second kappa shape index (κ2) is 13.9. The van der Waals surface area contributed by atoms with Gasteiger partial charge in [-0.15, -0.1) is 5.10 Å². The van der Waals surface area contributed by atoms with Gasteiger partial charge in [0.2, 0.25) is 11.8 Å². The maximum Gasteiger partial charge on any atom is 0.306 e. The number of carbonyl (C=O) groups excluding carboxylic acids is 3. The molecule has 8 nitrogen and oxygen atoms in total. The van der Waals surface area contributed by atoms with E-state index in [1.54, 1.807) is 6.92 Å². The number of aryl methyl sites for hydroxylation is 1. The molecule has 1 atom stereocenters. The first-order valence-corrected chi connectivity index (χ1v) is 14.7. The van der Waals surface area contributed by atoms with Crippen molar-refractivity contribution in [3.63, 3.8) is 0 Å². The third-order valence-electron chi connectivity index (χ3n) is 7.80. The van der Waals surface area contributed by atoms with Crippen LogP contribution in [0.3, 0.4) is 0 Å². The Morgan fingerprint density at radius 1 is 1.00 bits per heavy atom. The van der Waals surface area contributed by atoms with Crippen LogP contribution in [0.2, 0.25) is 0 Å². The molecule has 1 saturated carbocycles. The summed E-state index contributed by atoms with van der Waals surface area (Å²) in [5.74, 6) is -0.0453. The number of hydrazone groups is 1. The zero-order valence-electron chi connectivity index (χ0n) is 24.0. The van der Waals surface area contributed by atoms with Crippen molar-refractivity contribution >= 4 is 29.4 Å². The SMILES string of the molecule is CCOC(=O)CCc1cccc(NC(=O)C(c2ccc(CN3N=C(c4ccccc4)OCC3=O)cc2)C2CCCC2)c1. The number of hydrogen-bond donors (Lipinski definition) is 1. The molecule has 1 N–H and O–H groups in total. The Bertz CT molecular complexity index is 1410. The molecule has 0 spiro atoms. The van der Waals surface area contributed by atoms with Gasteiger partial charge in [-0.25, -0.2) is 5.01 Å². The first-order chi connectivity index (χ1) is 20.5. The van der Waals surface area contributed by atoms with Crippen LogP contribution >= 0.6 is 0 Å². The van der Waals surface area contributed by atoms with E-state index in [1.807, 2.05) is 78.9 Å². The number of ether oxygens (including phenoxy) is 2. The molecule has 1 aliphatic heterocycles. The molecule has 0 bridgehead atoms. The highest BCUT2D eigenvalue weighted by Gasteiger charge is 2.32. The van der Waals surface area contributed by atoms with Gasteiger partial charge in [0, 0.05) is 17.7 Å². The molecule has 5 rings (SSSR count). The first-order valence-electron chi connectivity index (χ1n) is 14.7. The zero-order valence-corrected chi connectivity index (χ0v) is 24.0. The van der Waals surface area contributed by atoms with Crippen molar-refractivity contribution in [3.8, 4) is 0 Å². The molecule has 0 saturated heterocycles. The van der Waals surface area contributed by atoms with Gasteiger partial charge in [-0.2, -0.15) is 0 Å². The quantitative estimate of drug-likeness (QED) is 0.295. The predicted molar refractivity (Wildman–Crippen MR) is 161 cm³/mol. The van der Waals surface area contributed by atoms with Crippen molar-refractivity contribution in [2.75, 3.05) is 18.5 Å².